The van der Waals surface area contributed by atoms with Gasteiger partial charge in [-0.15, -0.1) is 0 Å². The Morgan fingerprint density at radius 1 is 1.41 bits per heavy atom. The van der Waals surface area contributed by atoms with Gasteiger partial charge < -0.3 is 5.32 Å². The Labute approximate surface area is 110 Å². The summed E-state index contributed by atoms with van der Waals surface area (Å²) in [6.07, 6.45) is 2.15. The highest BCUT2D eigenvalue weighted by atomic mass is 79.9. The standard InChI is InChI=1S/C12H17BrN2O2/c1-3-9(4-2)8-14-11-7-10(13)5-6-12(11)15(16)17/h5-7,9,14H,3-4,8H2,1-2H3. The fourth-order valence-corrected chi connectivity index (χ4v) is 2.00. The van der Waals surface area contributed by atoms with Crippen LogP contribution in [0.2, 0.25) is 0 Å². The van der Waals surface area contributed by atoms with Crippen LogP contribution < -0.4 is 5.32 Å². The smallest absolute Gasteiger partial charge is 0.292 e. The van der Waals surface area contributed by atoms with Crippen LogP contribution >= 0.6 is 15.9 Å². The number of benzene rings is 1. The molecule has 0 saturated heterocycles. The van der Waals surface area contributed by atoms with Gasteiger partial charge in [0.15, 0.2) is 0 Å². The summed E-state index contributed by atoms with van der Waals surface area (Å²) in [5.74, 6) is 0.550. The van der Waals surface area contributed by atoms with E-state index in [-0.39, 0.29) is 10.6 Å². The van der Waals surface area contributed by atoms with E-state index in [1.807, 2.05) is 0 Å². The van der Waals surface area contributed by atoms with E-state index in [0.29, 0.717) is 11.6 Å². The third kappa shape index (κ3) is 4.00. The molecule has 0 radical (unpaired) electrons. The summed E-state index contributed by atoms with van der Waals surface area (Å²) in [6.45, 7) is 5.03. The molecule has 0 fully saturated rings. The van der Waals surface area contributed by atoms with Gasteiger partial charge in [-0.25, -0.2) is 0 Å². The lowest BCUT2D eigenvalue weighted by Gasteiger charge is -2.14. The predicted molar refractivity (Wildman–Crippen MR) is 73.4 cm³/mol. The van der Waals surface area contributed by atoms with Crippen LogP contribution in [0.25, 0.3) is 0 Å². The summed E-state index contributed by atoms with van der Waals surface area (Å²) < 4.78 is 0.843. The molecule has 0 bridgehead atoms. The zero-order valence-electron chi connectivity index (χ0n) is 10.1. The van der Waals surface area contributed by atoms with E-state index >= 15 is 0 Å². The van der Waals surface area contributed by atoms with Crippen molar-refractivity contribution in [3.63, 3.8) is 0 Å². The van der Waals surface area contributed by atoms with Crippen molar-refractivity contribution in [3.05, 3.63) is 32.8 Å². The van der Waals surface area contributed by atoms with E-state index in [2.05, 4.69) is 35.1 Å². The Morgan fingerprint density at radius 3 is 2.59 bits per heavy atom. The van der Waals surface area contributed by atoms with Crippen LogP contribution in [0.4, 0.5) is 11.4 Å². The van der Waals surface area contributed by atoms with Gasteiger partial charge in [0.05, 0.1) is 4.92 Å². The summed E-state index contributed by atoms with van der Waals surface area (Å²) in [5, 5.41) is 14.0. The highest BCUT2D eigenvalue weighted by Gasteiger charge is 2.14. The first-order valence-corrected chi connectivity index (χ1v) is 6.55. The summed E-state index contributed by atoms with van der Waals surface area (Å²) >= 11 is 3.32. The Morgan fingerprint density at radius 2 is 2.06 bits per heavy atom. The second kappa shape index (κ2) is 6.59. The summed E-state index contributed by atoms with van der Waals surface area (Å²) in [5.41, 5.74) is 0.704. The van der Waals surface area contributed by atoms with Crippen LogP contribution in [-0.4, -0.2) is 11.5 Å². The third-order valence-corrected chi connectivity index (χ3v) is 3.38. The second-order valence-electron chi connectivity index (χ2n) is 3.98. The minimum absolute atomic E-state index is 0.124. The number of hydrogen-bond donors (Lipinski definition) is 1. The first-order valence-electron chi connectivity index (χ1n) is 5.76. The number of nitrogens with one attached hydrogen (secondary N) is 1. The van der Waals surface area contributed by atoms with Crippen LogP contribution in [0.15, 0.2) is 22.7 Å². The summed E-state index contributed by atoms with van der Waals surface area (Å²) in [7, 11) is 0. The van der Waals surface area contributed by atoms with Gasteiger partial charge in [-0.3, -0.25) is 10.1 Å². The zero-order valence-corrected chi connectivity index (χ0v) is 11.7. The van der Waals surface area contributed by atoms with Gasteiger partial charge in [-0.1, -0.05) is 42.6 Å². The van der Waals surface area contributed by atoms with Gasteiger partial charge in [0, 0.05) is 17.1 Å². The van der Waals surface area contributed by atoms with Gasteiger partial charge in [-0.05, 0) is 18.1 Å². The molecule has 0 heterocycles. The molecular formula is C12H17BrN2O2. The van der Waals surface area contributed by atoms with Gasteiger partial charge >= 0.3 is 0 Å². The first kappa shape index (κ1) is 14.0. The molecule has 17 heavy (non-hydrogen) atoms. The lowest BCUT2D eigenvalue weighted by Crippen LogP contribution is -2.13. The molecule has 94 valence electrons. The molecule has 0 unspecified atom stereocenters. The first-order chi connectivity index (χ1) is 8.08. The summed E-state index contributed by atoms with van der Waals surface area (Å²) in [6, 6.07) is 4.94. The van der Waals surface area contributed by atoms with Crippen molar-refractivity contribution in [2.24, 2.45) is 5.92 Å². The number of hydrogen-bond acceptors (Lipinski definition) is 3. The van der Waals surface area contributed by atoms with E-state index in [0.717, 1.165) is 23.9 Å². The van der Waals surface area contributed by atoms with Crippen molar-refractivity contribution >= 4 is 27.3 Å². The van der Waals surface area contributed by atoms with E-state index < -0.39 is 0 Å². The van der Waals surface area contributed by atoms with Gasteiger partial charge in [0.1, 0.15) is 5.69 Å². The van der Waals surface area contributed by atoms with E-state index in [9.17, 15) is 10.1 Å². The van der Waals surface area contributed by atoms with E-state index in [4.69, 9.17) is 0 Å². The Balaban J connectivity index is 2.81. The van der Waals surface area contributed by atoms with Crippen molar-refractivity contribution in [2.45, 2.75) is 26.7 Å². The van der Waals surface area contributed by atoms with Crippen molar-refractivity contribution in [3.8, 4) is 0 Å². The van der Waals surface area contributed by atoms with E-state index in [1.165, 1.54) is 6.07 Å². The fourth-order valence-electron chi connectivity index (χ4n) is 1.64. The molecule has 0 amide bonds. The molecule has 0 atom stereocenters. The predicted octanol–water partition coefficient (Wildman–Crippen LogP) is 4.21. The SMILES string of the molecule is CCC(CC)CNc1cc(Br)ccc1[N+](=O)[O-]. The molecule has 1 aromatic rings. The molecule has 1 aromatic carbocycles. The monoisotopic (exact) mass is 300 g/mol. The Hall–Kier alpha value is -1.10. The van der Waals surface area contributed by atoms with E-state index in [1.54, 1.807) is 12.1 Å². The highest BCUT2D eigenvalue weighted by Crippen LogP contribution is 2.28. The molecule has 5 heteroatoms. The van der Waals surface area contributed by atoms with Crippen LogP contribution in [0.5, 0.6) is 0 Å². The van der Waals surface area contributed by atoms with Crippen molar-refractivity contribution in [1.82, 2.24) is 0 Å². The minimum atomic E-state index is -0.359. The van der Waals surface area contributed by atoms with Crippen LogP contribution in [0, 0.1) is 16.0 Å². The molecule has 4 nitrogen and oxygen atoms in total. The van der Waals surface area contributed by atoms with Crippen molar-refractivity contribution < 1.29 is 4.92 Å². The van der Waals surface area contributed by atoms with Gasteiger partial charge in [-0.2, -0.15) is 0 Å². The quantitative estimate of drug-likeness (QED) is 0.632. The molecule has 0 aromatic heterocycles. The molecular weight excluding hydrogens is 284 g/mol. The molecule has 1 rings (SSSR count). The second-order valence-corrected chi connectivity index (χ2v) is 4.90. The average molecular weight is 301 g/mol. The van der Waals surface area contributed by atoms with Crippen LogP contribution in [0.3, 0.4) is 0 Å². The van der Waals surface area contributed by atoms with Gasteiger partial charge in [0.2, 0.25) is 0 Å². The maximum atomic E-state index is 10.9. The van der Waals surface area contributed by atoms with Crippen molar-refractivity contribution in [1.29, 1.82) is 0 Å². The van der Waals surface area contributed by atoms with Crippen LogP contribution in [0.1, 0.15) is 26.7 Å². The lowest BCUT2D eigenvalue weighted by atomic mass is 10.0. The Bertz CT molecular complexity index is 392. The number of nitro benzene ring substituents is 1. The lowest BCUT2D eigenvalue weighted by molar-refractivity contribution is -0.384. The Kier molecular flexibility index (Phi) is 5.41. The number of halogens is 1. The number of nitrogens with zero attached hydrogens (tertiary/aromatic N) is 1. The van der Waals surface area contributed by atoms with Gasteiger partial charge in [0.25, 0.3) is 5.69 Å². The molecule has 0 saturated carbocycles. The maximum Gasteiger partial charge on any atom is 0.292 e. The molecule has 0 spiro atoms. The average Bonchev–Trinajstić information content (AvgIpc) is 2.30. The molecule has 0 aliphatic carbocycles. The zero-order chi connectivity index (χ0) is 12.8. The normalized spacial score (nSPS) is 10.6. The van der Waals surface area contributed by atoms with Crippen molar-refractivity contribution in [2.75, 3.05) is 11.9 Å². The number of rotatable bonds is 6. The number of anilines is 1. The largest absolute Gasteiger partial charge is 0.379 e. The maximum absolute atomic E-state index is 10.9. The minimum Gasteiger partial charge on any atom is -0.379 e. The molecule has 1 N–H and O–H groups in total. The third-order valence-electron chi connectivity index (χ3n) is 2.89. The molecule has 0 aliphatic rings. The molecule has 0 aliphatic heterocycles. The fraction of sp³-hybridized carbons (Fsp3) is 0.500. The van der Waals surface area contributed by atoms with Crippen LogP contribution in [-0.2, 0) is 0 Å². The highest BCUT2D eigenvalue weighted by molar-refractivity contribution is 9.10. The summed E-state index contributed by atoms with van der Waals surface area (Å²) in [4.78, 5) is 10.5. The topological polar surface area (TPSA) is 55.2 Å². The number of nitro groups is 1.